The Kier molecular flexibility index (Phi) is 3.47. The van der Waals surface area contributed by atoms with E-state index in [1.54, 1.807) is 0 Å². The van der Waals surface area contributed by atoms with E-state index >= 15 is 0 Å². The van der Waals surface area contributed by atoms with Crippen LogP contribution in [0, 0.1) is 5.92 Å². The van der Waals surface area contributed by atoms with Crippen molar-refractivity contribution in [3.63, 3.8) is 0 Å². The lowest BCUT2D eigenvalue weighted by Gasteiger charge is -2.07. The monoisotopic (exact) mass is 230 g/mol. The Morgan fingerprint density at radius 3 is 2.65 bits per heavy atom. The summed E-state index contributed by atoms with van der Waals surface area (Å²) in [4.78, 5) is 0. The Balaban J connectivity index is 2.36. The fourth-order valence-corrected chi connectivity index (χ4v) is 1.85. The molecule has 0 radical (unpaired) electrons. The van der Waals surface area contributed by atoms with Crippen molar-refractivity contribution < 1.29 is 4.52 Å². The molecule has 1 aromatic heterocycles. The first-order chi connectivity index (χ1) is 8.22. The predicted molar refractivity (Wildman–Crippen MR) is 69.5 cm³/mol. The average Bonchev–Trinajstić information content (AvgIpc) is 2.71. The van der Waals surface area contributed by atoms with Crippen LogP contribution in [0.15, 0.2) is 34.9 Å². The molecule has 0 spiro atoms. The lowest BCUT2D eigenvalue weighted by atomic mass is 9.98. The third-order valence-corrected chi connectivity index (χ3v) is 3.08. The molecule has 0 aliphatic heterocycles. The van der Waals surface area contributed by atoms with Gasteiger partial charge in [0, 0.05) is 6.42 Å². The molecule has 0 bridgehead atoms. The summed E-state index contributed by atoms with van der Waals surface area (Å²) >= 11 is 0. The van der Waals surface area contributed by atoms with Crippen LogP contribution in [0.4, 0.5) is 5.82 Å². The van der Waals surface area contributed by atoms with E-state index in [4.69, 9.17) is 10.3 Å². The minimum Gasteiger partial charge on any atom is -0.380 e. The summed E-state index contributed by atoms with van der Waals surface area (Å²) in [7, 11) is 0. The smallest absolute Gasteiger partial charge is 0.175 e. The minimum absolute atomic E-state index is 0.481. The van der Waals surface area contributed by atoms with Gasteiger partial charge in [0.05, 0.1) is 5.56 Å². The number of nitrogens with zero attached hydrogens (tertiary/aromatic N) is 1. The highest BCUT2D eigenvalue weighted by Gasteiger charge is 2.17. The number of hydrogen-bond acceptors (Lipinski definition) is 3. The molecule has 1 atom stereocenters. The number of nitrogen functional groups attached to an aromatic ring is 1. The van der Waals surface area contributed by atoms with E-state index in [2.05, 4.69) is 19.0 Å². The SMILES string of the molecule is CCC(C)Cc1onc(N)c1-c1ccccc1. The first kappa shape index (κ1) is 11.7. The van der Waals surface area contributed by atoms with Crippen molar-refractivity contribution in [1.29, 1.82) is 0 Å². The highest BCUT2D eigenvalue weighted by atomic mass is 16.5. The van der Waals surface area contributed by atoms with Crippen molar-refractivity contribution in [3.8, 4) is 11.1 Å². The van der Waals surface area contributed by atoms with Crippen LogP contribution in [0.5, 0.6) is 0 Å². The Labute approximate surface area is 102 Å². The number of rotatable bonds is 4. The van der Waals surface area contributed by atoms with Crippen LogP contribution in [0.2, 0.25) is 0 Å². The highest BCUT2D eigenvalue weighted by molar-refractivity contribution is 5.75. The number of aromatic nitrogens is 1. The molecule has 0 saturated heterocycles. The zero-order valence-electron chi connectivity index (χ0n) is 10.3. The van der Waals surface area contributed by atoms with Crippen LogP contribution in [0.25, 0.3) is 11.1 Å². The number of anilines is 1. The lowest BCUT2D eigenvalue weighted by Crippen LogP contribution is -1.98. The molecule has 2 N–H and O–H groups in total. The largest absolute Gasteiger partial charge is 0.380 e. The summed E-state index contributed by atoms with van der Waals surface area (Å²) in [6.45, 7) is 4.38. The second-order valence-electron chi connectivity index (χ2n) is 4.45. The molecule has 0 amide bonds. The minimum atomic E-state index is 0.481. The van der Waals surface area contributed by atoms with Crippen molar-refractivity contribution >= 4 is 5.82 Å². The van der Waals surface area contributed by atoms with E-state index in [1.807, 2.05) is 30.3 Å². The summed E-state index contributed by atoms with van der Waals surface area (Å²) in [5.41, 5.74) is 7.91. The summed E-state index contributed by atoms with van der Waals surface area (Å²) in [6, 6.07) is 10.0. The molecule has 2 rings (SSSR count). The Morgan fingerprint density at radius 2 is 2.00 bits per heavy atom. The van der Waals surface area contributed by atoms with Crippen molar-refractivity contribution in [3.05, 3.63) is 36.1 Å². The molecule has 0 fully saturated rings. The number of benzene rings is 1. The van der Waals surface area contributed by atoms with Gasteiger partial charge in [-0.15, -0.1) is 0 Å². The molecule has 3 nitrogen and oxygen atoms in total. The molecule has 0 aliphatic rings. The topological polar surface area (TPSA) is 52.0 Å². The standard InChI is InChI=1S/C14H18N2O/c1-3-10(2)9-12-13(14(15)16-17-12)11-7-5-4-6-8-11/h4-8,10H,3,9H2,1-2H3,(H2,15,16). The first-order valence-corrected chi connectivity index (χ1v) is 6.01. The third kappa shape index (κ3) is 2.49. The van der Waals surface area contributed by atoms with E-state index in [0.717, 1.165) is 29.7 Å². The van der Waals surface area contributed by atoms with Crippen molar-refractivity contribution in [1.82, 2.24) is 5.16 Å². The van der Waals surface area contributed by atoms with Crippen molar-refractivity contribution in [2.45, 2.75) is 26.7 Å². The second-order valence-corrected chi connectivity index (χ2v) is 4.45. The zero-order chi connectivity index (χ0) is 12.3. The van der Waals surface area contributed by atoms with Gasteiger partial charge in [-0.2, -0.15) is 0 Å². The highest BCUT2D eigenvalue weighted by Crippen LogP contribution is 2.31. The van der Waals surface area contributed by atoms with Gasteiger partial charge in [0.15, 0.2) is 5.82 Å². The number of hydrogen-bond donors (Lipinski definition) is 1. The molecule has 1 aromatic carbocycles. The first-order valence-electron chi connectivity index (χ1n) is 6.01. The van der Waals surface area contributed by atoms with E-state index in [9.17, 15) is 0 Å². The van der Waals surface area contributed by atoms with Crippen LogP contribution in [-0.2, 0) is 6.42 Å². The summed E-state index contributed by atoms with van der Waals surface area (Å²) in [5, 5.41) is 3.88. The molecule has 1 unspecified atom stereocenters. The van der Waals surface area contributed by atoms with Gasteiger partial charge in [-0.05, 0) is 11.5 Å². The Bertz CT molecular complexity index is 476. The molecule has 3 heteroatoms. The maximum atomic E-state index is 5.89. The van der Waals surface area contributed by atoms with Gasteiger partial charge in [0.1, 0.15) is 5.76 Å². The normalized spacial score (nSPS) is 12.6. The molecule has 2 aromatic rings. The molecular weight excluding hydrogens is 212 g/mol. The molecule has 0 saturated carbocycles. The van der Waals surface area contributed by atoms with E-state index in [1.165, 1.54) is 0 Å². The van der Waals surface area contributed by atoms with Gasteiger partial charge in [0.2, 0.25) is 0 Å². The van der Waals surface area contributed by atoms with Crippen LogP contribution in [-0.4, -0.2) is 5.16 Å². The van der Waals surface area contributed by atoms with Gasteiger partial charge >= 0.3 is 0 Å². The number of nitrogens with two attached hydrogens (primary N) is 1. The molecule has 17 heavy (non-hydrogen) atoms. The summed E-state index contributed by atoms with van der Waals surface area (Å²) in [6.07, 6.45) is 2.00. The Morgan fingerprint density at radius 1 is 1.29 bits per heavy atom. The van der Waals surface area contributed by atoms with Gasteiger partial charge in [0.25, 0.3) is 0 Å². The maximum absolute atomic E-state index is 5.89. The van der Waals surface area contributed by atoms with Crippen LogP contribution >= 0.6 is 0 Å². The van der Waals surface area contributed by atoms with Crippen LogP contribution < -0.4 is 5.73 Å². The molecule has 0 aliphatic carbocycles. The fourth-order valence-electron chi connectivity index (χ4n) is 1.85. The summed E-state index contributed by atoms with van der Waals surface area (Å²) < 4.78 is 5.35. The van der Waals surface area contributed by atoms with E-state index in [-0.39, 0.29) is 0 Å². The Hall–Kier alpha value is -1.77. The van der Waals surface area contributed by atoms with Crippen LogP contribution in [0.3, 0.4) is 0 Å². The van der Waals surface area contributed by atoms with Crippen molar-refractivity contribution in [2.24, 2.45) is 5.92 Å². The molecule has 1 heterocycles. The average molecular weight is 230 g/mol. The van der Waals surface area contributed by atoms with Crippen LogP contribution in [0.1, 0.15) is 26.0 Å². The zero-order valence-corrected chi connectivity index (χ0v) is 10.3. The second kappa shape index (κ2) is 5.04. The maximum Gasteiger partial charge on any atom is 0.175 e. The van der Waals surface area contributed by atoms with E-state index < -0.39 is 0 Å². The van der Waals surface area contributed by atoms with Gasteiger partial charge < -0.3 is 10.3 Å². The van der Waals surface area contributed by atoms with Gasteiger partial charge in [-0.25, -0.2) is 0 Å². The van der Waals surface area contributed by atoms with Gasteiger partial charge in [-0.1, -0.05) is 55.8 Å². The molecule has 90 valence electrons. The van der Waals surface area contributed by atoms with Crippen molar-refractivity contribution in [2.75, 3.05) is 5.73 Å². The van der Waals surface area contributed by atoms with E-state index in [0.29, 0.717) is 11.7 Å². The van der Waals surface area contributed by atoms with Gasteiger partial charge in [-0.3, -0.25) is 0 Å². The third-order valence-electron chi connectivity index (χ3n) is 3.08. The molecular formula is C14H18N2O. The lowest BCUT2D eigenvalue weighted by molar-refractivity contribution is 0.364. The fraction of sp³-hybridized carbons (Fsp3) is 0.357. The predicted octanol–water partition coefficient (Wildman–Crippen LogP) is 3.51. The quantitative estimate of drug-likeness (QED) is 0.874. The summed E-state index contributed by atoms with van der Waals surface area (Å²) in [5.74, 6) is 1.95.